The predicted molar refractivity (Wildman–Crippen MR) is 102 cm³/mol. The highest BCUT2D eigenvalue weighted by Crippen LogP contribution is 2.36. The topological polar surface area (TPSA) is 103 Å². The van der Waals surface area contributed by atoms with Crippen molar-refractivity contribution in [1.29, 1.82) is 5.26 Å². The Kier molecular flexibility index (Phi) is 5.61. The number of nitriles is 1. The molecule has 9 heteroatoms. The normalized spacial score (nSPS) is 13.1. The van der Waals surface area contributed by atoms with Crippen LogP contribution in [0.25, 0.3) is 6.08 Å². The molecule has 7 nitrogen and oxygen atoms in total. The van der Waals surface area contributed by atoms with Crippen molar-refractivity contribution in [3.8, 4) is 11.8 Å². The van der Waals surface area contributed by atoms with E-state index in [2.05, 4.69) is 11.4 Å². The van der Waals surface area contributed by atoms with Gasteiger partial charge in [-0.1, -0.05) is 0 Å². The van der Waals surface area contributed by atoms with Crippen molar-refractivity contribution in [2.75, 3.05) is 19.0 Å². The van der Waals surface area contributed by atoms with Gasteiger partial charge in [0.2, 0.25) is 5.91 Å². The number of thiophene rings is 1. The van der Waals surface area contributed by atoms with Crippen molar-refractivity contribution >= 4 is 34.4 Å². The van der Waals surface area contributed by atoms with Gasteiger partial charge >= 0.3 is 6.09 Å². The second kappa shape index (κ2) is 8.10. The van der Waals surface area contributed by atoms with Gasteiger partial charge in [0.25, 0.3) is 0 Å². The Hall–Kier alpha value is -3.38. The maximum atomic E-state index is 13.9. The third-order valence-electron chi connectivity index (χ3n) is 4.30. The molecule has 28 heavy (non-hydrogen) atoms. The van der Waals surface area contributed by atoms with Crippen molar-refractivity contribution in [3.05, 3.63) is 51.7 Å². The Bertz CT molecular complexity index is 1010. The number of carbonyl (C=O) groups is 2. The summed E-state index contributed by atoms with van der Waals surface area (Å²) in [6.07, 6.45) is 1.90. The minimum atomic E-state index is -1.02. The highest BCUT2D eigenvalue weighted by atomic mass is 32.1. The molecule has 2 N–H and O–H groups in total. The van der Waals surface area contributed by atoms with Crippen LogP contribution in [0.4, 0.5) is 14.2 Å². The van der Waals surface area contributed by atoms with Gasteiger partial charge in [0.15, 0.2) is 0 Å². The van der Waals surface area contributed by atoms with Crippen molar-refractivity contribution in [1.82, 2.24) is 4.90 Å². The number of carbonyl (C=O) groups excluding carboxylic acids is 1. The number of fused-ring (bicyclic) bond motifs is 1. The summed E-state index contributed by atoms with van der Waals surface area (Å²) in [6, 6.07) is 6.36. The lowest BCUT2D eigenvalue weighted by Crippen LogP contribution is -2.34. The van der Waals surface area contributed by atoms with Crippen molar-refractivity contribution in [3.63, 3.8) is 0 Å². The number of carboxylic acid groups (broad SMARTS) is 1. The van der Waals surface area contributed by atoms with Gasteiger partial charge in [0, 0.05) is 29.1 Å². The number of anilines is 1. The molecule has 1 aromatic heterocycles. The van der Waals surface area contributed by atoms with Gasteiger partial charge in [-0.25, -0.2) is 9.18 Å². The highest BCUT2D eigenvalue weighted by molar-refractivity contribution is 7.16. The predicted octanol–water partition coefficient (Wildman–Crippen LogP) is 3.46. The monoisotopic (exact) mass is 401 g/mol. The summed E-state index contributed by atoms with van der Waals surface area (Å²) in [5.41, 5.74) is 1.34. The number of amides is 2. The summed E-state index contributed by atoms with van der Waals surface area (Å²) in [5, 5.41) is 21.6. The summed E-state index contributed by atoms with van der Waals surface area (Å²) in [7, 11) is 1.43. The molecule has 0 spiro atoms. The third kappa shape index (κ3) is 3.97. The molecule has 0 fully saturated rings. The average Bonchev–Trinajstić information content (AvgIpc) is 3.02. The minimum Gasteiger partial charge on any atom is -0.497 e. The standard InChI is InChI=1S/C19H16FN3O4S/c1-27-12-4-2-11(15(20)8-12)3-5-17(24)22-18-14(9-21)13-6-7-23(19(25)26)10-16(13)28-18/h2-5,8H,6-7,10H2,1H3,(H,22,24)(H,25,26). The number of halogens is 1. The zero-order chi connectivity index (χ0) is 20.3. The Morgan fingerprint density at radius 3 is 2.89 bits per heavy atom. The number of rotatable bonds is 4. The number of nitrogens with zero attached hydrogens (tertiary/aromatic N) is 2. The molecule has 3 rings (SSSR count). The first-order chi connectivity index (χ1) is 13.4. The van der Waals surface area contributed by atoms with Gasteiger partial charge in [-0.05, 0) is 30.2 Å². The lowest BCUT2D eigenvalue weighted by Gasteiger charge is -2.23. The van der Waals surface area contributed by atoms with E-state index >= 15 is 0 Å². The van der Waals surface area contributed by atoms with Crippen LogP contribution in [0.1, 0.15) is 21.6 Å². The lowest BCUT2D eigenvalue weighted by atomic mass is 10.0. The molecule has 0 saturated heterocycles. The van der Waals surface area contributed by atoms with Crippen LogP contribution < -0.4 is 10.1 Å². The van der Waals surface area contributed by atoms with Crippen molar-refractivity contribution in [2.45, 2.75) is 13.0 Å². The molecule has 1 aliphatic heterocycles. The molecule has 0 bridgehead atoms. The van der Waals surface area contributed by atoms with Gasteiger partial charge < -0.3 is 20.1 Å². The van der Waals surface area contributed by atoms with Crippen LogP contribution in [0.3, 0.4) is 0 Å². The molecule has 0 aliphatic carbocycles. The number of hydrogen-bond acceptors (Lipinski definition) is 5. The van der Waals surface area contributed by atoms with E-state index < -0.39 is 17.8 Å². The van der Waals surface area contributed by atoms with E-state index in [1.54, 1.807) is 6.07 Å². The van der Waals surface area contributed by atoms with E-state index in [9.17, 15) is 19.2 Å². The maximum Gasteiger partial charge on any atom is 0.407 e. The molecule has 2 heterocycles. The molecule has 0 unspecified atom stereocenters. The van der Waals surface area contributed by atoms with Crippen LogP contribution in [0.15, 0.2) is 24.3 Å². The SMILES string of the molecule is COc1ccc(C=CC(=O)Nc2sc3c(c2C#N)CCN(C(=O)O)C3)c(F)c1. The van der Waals surface area contributed by atoms with E-state index in [1.165, 1.54) is 47.6 Å². The van der Waals surface area contributed by atoms with Gasteiger partial charge in [-0.15, -0.1) is 11.3 Å². The lowest BCUT2D eigenvalue weighted by molar-refractivity contribution is -0.111. The molecule has 0 radical (unpaired) electrons. The highest BCUT2D eigenvalue weighted by Gasteiger charge is 2.27. The quantitative estimate of drug-likeness (QED) is 0.764. The molecule has 1 aliphatic rings. The van der Waals surface area contributed by atoms with Crippen LogP contribution in [0, 0.1) is 17.1 Å². The molecular weight excluding hydrogens is 385 g/mol. The summed E-state index contributed by atoms with van der Waals surface area (Å²) in [5.74, 6) is -0.667. The average molecular weight is 401 g/mol. The fraction of sp³-hybridized carbons (Fsp3) is 0.211. The molecular formula is C19H16FN3O4S. The van der Waals surface area contributed by atoms with Crippen LogP contribution in [-0.2, 0) is 17.8 Å². The van der Waals surface area contributed by atoms with E-state index in [0.29, 0.717) is 29.3 Å². The summed E-state index contributed by atoms with van der Waals surface area (Å²) >= 11 is 1.18. The number of ether oxygens (including phenoxy) is 1. The second-order valence-electron chi connectivity index (χ2n) is 5.98. The van der Waals surface area contributed by atoms with Crippen LogP contribution >= 0.6 is 11.3 Å². The molecule has 0 saturated carbocycles. The Morgan fingerprint density at radius 1 is 1.46 bits per heavy atom. The van der Waals surface area contributed by atoms with E-state index in [0.717, 1.165) is 10.4 Å². The number of nitrogens with one attached hydrogen (secondary N) is 1. The van der Waals surface area contributed by atoms with E-state index in [4.69, 9.17) is 9.84 Å². The van der Waals surface area contributed by atoms with E-state index in [-0.39, 0.29) is 12.1 Å². The molecule has 0 atom stereocenters. The summed E-state index contributed by atoms with van der Waals surface area (Å²) in [4.78, 5) is 25.4. The first kappa shape index (κ1) is 19.4. The first-order valence-corrected chi connectivity index (χ1v) is 9.09. The molecule has 2 aromatic rings. The Labute approximate surface area is 164 Å². The van der Waals surface area contributed by atoms with Crippen molar-refractivity contribution < 1.29 is 23.8 Å². The van der Waals surface area contributed by atoms with Crippen molar-refractivity contribution in [2.24, 2.45) is 0 Å². The zero-order valence-corrected chi connectivity index (χ0v) is 15.7. The number of hydrogen-bond donors (Lipinski definition) is 2. The van der Waals surface area contributed by atoms with Gasteiger partial charge in [0.05, 0.1) is 19.2 Å². The zero-order valence-electron chi connectivity index (χ0n) is 14.9. The summed E-state index contributed by atoms with van der Waals surface area (Å²) < 4.78 is 18.9. The molecule has 1 aromatic carbocycles. The van der Waals surface area contributed by atoms with E-state index in [1.807, 2.05) is 0 Å². The second-order valence-corrected chi connectivity index (χ2v) is 7.09. The minimum absolute atomic E-state index is 0.187. The molecule has 144 valence electrons. The Morgan fingerprint density at radius 2 is 2.25 bits per heavy atom. The van der Waals surface area contributed by atoms with Gasteiger partial charge in [-0.2, -0.15) is 5.26 Å². The number of methoxy groups -OCH3 is 1. The number of benzene rings is 1. The first-order valence-electron chi connectivity index (χ1n) is 8.28. The third-order valence-corrected chi connectivity index (χ3v) is 5.43. The smallest absolute Gasteiger partial charge is 0.407 e. The van der Waals surface area contributed by atoms with Gasteiger partial charge in [-0.3, -0.25) is 4.79 Å². The van der Waals surface area contributed by atoms with Crippen LogP contribution in [0.5, 0.6) is 5.75 Å². The van der Waals surface area contributed by atoms with Gasteiger partial charge in [0.1, 0.15) is 22.6 Å². The Balaban J connectivity index is 1.76. The van der Waals surface area contributed by atoms with Crippen LogP contribution in [-0.4, -0.2) is 35.7 Å². The fourth-order valence-corrected chi connectivity index (χ4v) is 4.08. The van der Waals surface area contributed by atoms with Crippen LogP contribution in [0.2, 0.25) is 0 Å². The largest absolute Gasteiger partial charge is 0.497 e. The summed E-state index contributed by atoms with van der Waals surface area (Å²) in [6.45, 7) is 0.491. The molecule has 2 amide bonds. The maximum absolute atomic E-state index is 13.9. The fourth-order valence-electron chi connectivity index (χ4n) is 2.86.